The number of carbonyl (C=O) groups is 1. The number of nitrogens with two attached hydrogens (primary N) is 1. The van der Waals surface area contributed by atoms with E-state index in [1.165, 1.54) is 12.8 Å². The van der Waals surface area contributed by atoms with Crippen molar-refractivity contribution in [2.75, 3.05) is 12.3 Å². The number of nitrogens with one attached hydrogen (secondary N) is 1. The summed E-state index contributed by atoms with van der Waals surface area (Å²) >= 11 is 5.94. The van der Waals surface area contributed by atoms with Gasteiger partial charge >= 0.3 is 0 Å². The number of benzene rings is 1. The Morgan fingerprint density at radius 1 is 1.56 bits per heavy atom. The minimum atomic E-state index is -0.148. The molecule has 16 heavy (non-hydrogen) atoms. The van der Waals surface area contributed by atoms with Crippen LogP contribution in [0, 0.1) is 5.41 Å². The molecule has 4 heteroatoms. The Morgan fingerprint density at radius 2 is 2.25 bits per heavy atom. The summed E-state index contributed by atoms with van der Waals surface area (Å²) in [5.74, 6) is -0.148. The van der Waals surface area contributed by atoms with E-state index in [0.717, 1.165) is 0 Å². The van der Waals surface area contributed by atoms with E-state index >= 15 is 0 Å². The number of halogens is 1. The van der Waals surface area contributed by atoms with Crippen LogP contribution in [0.5, 0.6) is 0 Å². The van der Waals surface area contributed by atoms with Crippen LogP contribution in [0.15, 0.2) is 18.2 Å². The molecule has 0 spiro atoms. The highest BCUT2D eigenvalue weighted by molar-refractivity contribution is 6.34. The van der Waals surface area contributed by atoms with E-state index in [4.69, 9.17) is 17.3 Å². The number of hydrogen-bond donors (Lipinski definition) is 2. The predicted molar refractivity (Wildman–Crippen MR) is 65.5 cm³/mol. The zero-order chi connectivity index (χ0) is 11.8. The van der Waals surface area contributed by atoms with E-state index in [-0.39, 0.29) is 5.91 Å². The van der Waals surface area contributed by atoms with Crippen molar-refractivity contribution >= 4 is 23.2 Å². The molecule has 0 unspecified atom stereocenters. The van der Waals surface area contributed by atoms with Crippen LogP contribution >= 0.6 is 11.6 Å². The maximum absolute atomic E-state index is 11.8. The minimum Gasteiger partial charge on any atom is -0.399 e. The fourth-order valence-electron chi connectivity index (χ4n) is 1.50. The topological polar surface area (TPSA) is 55.1 Å². The maximum Gasteiger partial charge on any atom is 0.252 e. The number of nitrogen functional groups attached to an aromatic ring is 1. The summed E-state index contributed by atoms with van der Waals surface area (Å²) in [6, 6.07) is 4.93. The van der Waals surface area contributed by atoms with Crippen LogP contribution in [0.3, 0.4) is 0 Å². The van der Waals surface area contributed by atoms with Crippen LogP contribution in [0.1, 0.15) is 30.1 Å². The lowest BCUT2D eigenvalue weighted by molar-refractivity contribution is 0.0946. The van der Waals surface area contributed by atoms with E-state index < -0.39 is 0 Å². The van der Waals surface area contributed by atoms with E-state index in [9.17, 15) is 4.79 Å². The van der Waals surface area contributed by atoms with E-state index in [2.05, 4.69) is 12.2 Å². The summed E-state index contributed by atoms with van der Waals surface area (Å²) in [7, 11) is 0. The summed E-state index contributed by atoms with van der Waals surface area (Å²) in [6.45, 7) is 2.87. The highest BCUT2D eigenvalue weighted by Gasteiger charge is 2.37. The van der Waals surface area contributed by atoms with Gasteiger partial charge in [-0.3, -0.25) is 4.79 Å². The van der Waals surface area contributed by atoms with Crippen molar-refractivity contribution in [3.8, 4) is 0 Å². The normalized spacial score (nSPS) is 16.9. The molecule has 0 heterocycles. The molecule has 1 fully saturated rings. The standard InChI is InChI=1S/C12H15ClN2O/c1-12(4-5-12)7-15-11(16)9-6-8(14)2-3-10(9)13/h2-3,6H,4-5,7,14H2,1H3,(H,15,16). The lowest BCUT2D eigenvalue weighted by Gasteiger charge is -2.11. The quantitative estimate of drug-likeness (QED) is 0.795. The van der Waals surface area contributed by atoms with Crippen molar-refractivity contribution < 1.29 is 4.79 Å². The number of anilines is 1. The Bertz CT molecular complexity index is 427. The molecule has 3 nitrogen and oxygen atoms in total. The highest BCUT2D eigenvalue weighted by atomic mass is 35.5. The average Bonchev–Trinajstić information content (AvgIpc) is 2.97. The van der Waals surface area contributed by atoms with Crippen molar-refractivity contribution in [3.05, 3.63) is 28.8 Å². The van der Waals surface area contributed by atoms with Gasteiger partial charge in [-0.25, -0.2) is 0 Å². The van der Waals surface area contributed by atoms with Crippen LogP contribution in [0.25, 0.3) is 0 Å². The lowest BCUT2D eigenvalue weighted by atomic mass is 10.1. The van der Waals surface area contributed by atoms with Crippen molar-refractivity contribution in [2.24, 2.45) is 5.41 Å². The molecule has 2 rings (SSSR count). The van der Waals surface area contributed by atoms with Crippen LogP contribution in [-0.4, -0.2) is 12.5 Å². The highest BCUT2D eigenvalue weighted by Crippen LogP contribution is 2.44. The van der Waals surface area contributed by atoms with Crippen molar-refractivity contribution in [1.29, 1.82) is 0 Å². The fourth-order valence-corrected chi connectivity index (χ4v) is 1.70. The van der Waals surface area contributed by atoms with Gasteiger partial charge in [0.1, 0.15) is 0 Å². The number of rotatable bonds is 3. The Kier molecular flexibility index (Phi) is 2.80. The summed E-state index contributed by atoms with van der Waals surface area (Å²) in [5, 5.41) is 3.33. The molecule has 0 saturated heterocycles. The van der Waals surface area contributed by atoms with E-state index in [1.807, 2.05) is 0 Å². The van der Waals surface area contributed by atoms with Gasteiger partial charge in [0.05, 0.1) is 10.6 Å². The Hall–Kier alpha value is -1.22. The first-order chi connectivity index (χ1) is 7.50. The van der Waals surface area contributed by atoms with Gasteiger partial charge in [-0.05, 0) is 36.5 Å². The third kappa shape index (κ3) is 2.47. The van der Waals surface area contributed by atoms with Crippen molar-refractivity contribution in [1.82, 2.24) is 5.32 Å². The molecule has 1 aliphatic rings. The molecule has 0 radical (unpaired) electrons. The molecule has 3 N–H and O–H groups in total. The molecule has 1 saturated carbocycles. The monoisotopic (exact) mass is 238 g/mol. The third-order valence-electron chi connectivity index (χ3n) is 3.01. The molecule has 0 bridgehead atoms. The summed E-state index contributed by atoms with van der Waals surface area (Å²) in [6.07, 6.45) is 2.36. The Balaban J connectivity index is 2.05. The second kappa shape index (κ2) is 3.98. The number of amides is 1. The first-order valence-electron chi connectivity index (χ1n) is 5.33. The smallest absolute Gasteiger partial charge is 0.252 e. The van der Waals surface area contributed by atoms with Crippen molar-refractivity contribution in [3.63, 3.8) is 0 Å². The summed E-state index contributed by atoms with van der Waals surface area (Å²) in [4.78, 5) is 11.8. The number of carbonyl (C=O) groups excluding carboxylic acids is 1. The minimum absolute atomic E-state index is 0.148. The molecule has 0 aromatic heterocycles. The van der Waals surface area contributed by atoms with Crippen LogP contribution < -0.4 is 11.1 Å². The van der Waals surface area contributed by atoms with Gasteiger partial charge in [-0.1, -0.05) is 18.5 Å². The Morgan fingerprint density at radius 3 is 2.88 bits per heavy atom. The molecular weight excluding hydrogens is 224 g/mol. The zero-order valence-electron chi connectivity index (χ0n) is 9.22. The first-order valence-corrected chi connectivity index (χ1v) is 5.71. The average molecular weight is 239 g/mol. The fraction of sp³-hybridized carbons (Fsp3) is 0.417. The van der Waals surface area contributed by atoms with Gasteiger partial charge in [0.2, 0.25) is 0 Å². The lowest BCUT2D eigenvalue weighted by Crippen LogP contribution is -2.29. The van der Waals surface area contributed by atoms with Gasteiger partial charge in [-0.2, -0.15) is 0 Å². The molecule has 1 aromatic carbocycles. The molecule has 1 aliphatic carbocycles. The predicted octanol–water partition coefficient (Wildman–Crippen LogP) is 2.45. The van der Waals surface area contributed by atoms with E-state index in [0.29, 0.717) is 28.2 Å². The zero-order valence-corrected chi connectivity index (χ0v) is 9.97. The largest absolute Gasteiger partial charge is 0.399 e. The van der Waals surface area contributed by atoms with Crippen LogP contribution in [0.4, 0.5) is 5.69 Å². The van der Waals surface area contributed by atoms with Crippen LogP contribution in [0.2, 0.25) is 5.02 Å². The molecule has 86 valence electrons. The molecule has 1 aromatic rings. The molecular formula is C12H15ClN2O. The molecule has 0 aliphatic heterocycles. The van der Waals surface area contributed by atoms with Gasteiger partial charge < -0.3 is 11.1 Å². The third-order valence-corrected chi connectivity index (χ3v) is 3.34. The second-order valence-electron chi connectivity index (χ2n) is 4.73. The summed E-state index contributed by atoms with van der Waals surface area (Å²) < 4.78 is 0. The van der Waals surface area contributed by atoms with Crippen LogP contribution in [-0.2, 0) is 0 Å². The van der Waals surface area contributed by atoms with Gasteiger partial charge in [-0.15, -0.1) is 0 Å². The van der Waals surface area contributed by atoms with Gasteiger partial charge in [0.15, 0.2) is 0 Å². The summed E-state index contributed by atoms with van der Waals surface area (Å²) in [5.41, 5.74) is 6.91. The Labute approximate surface area is 100.0 Å². The van der Waals surface area contributed by atoms with Crippen molar-refractivity contribution in [2.45, 2.75) is 19.8 Å². The first kappa shape index (κ1) is 11.3. The van der Waals surface area contributed by atoms with E-state index in [1.54, 1.807) is 18.2 Å². The molecule has 1 amide bonds. The van der Waals surface area contributed by atoms with Gasteiger partial charge in [0.25, 0.3) is 5.91 Å². The van der Waals surface area contributed by atoms with Gasteiger partial charge in [0, 0.05) is 12.2 Å². The number of hydrogen-bond acceptors (Lipinski definition) is 2. The second-order valence-corrected chi connectivity index (χ2v) is 5.14. The SMILES string of the molecule is CC1(CNC(=O)c2cc(N)ccc2Cl)CC1. The molecule has 0 atom stereocenters. The maximum atomic E-state index is 11.8.